The highest BCUT2D eigenvalue weighted by atomic mass is 127. The van der Waals surface area contributed by atoms with E-state index in [1.54, 1.807) is 17.8 Å². The van der Waals surface area contributed by atoms with E-state index in [0.29, 0.717) is 0 Å². The average molecular weight is 363 g/mol. The summed E-state index contributed by atoms with van der Waals surface area (Å²) in [5, 5.41) is 0. The monoisotopic (exact) mass is 363 g/mol. The molecule has 0 atom stereocenters. The van der Waals surface area contributed by atoms with Crippen LogP contribution in [-0.4, -0.2) is 34.8 Å². The standard InChI is InChI=1S/C9H13F3N3O.HI/c1-3-14(6-9(10,11)12)8(16)15-5-4-13(2)7-15;/h4-5,7H,3,6H2,1-2H3;1H/q+1;/p-1. The van der Waals surface area contributed by atoms with Crippen molar-refractivity contribution in [1.82, 2.24) is 9.47 Å². The molecule has 1 heterocycles. The van der Waals surface area contributed by atoms with E-state index in [9.17, 15) is 18.0 Å². The number of carbonyl (C=O) groups excluding carboxylic acids is 1. The van der Waals surface area contributed by atoms with Crippen molar-refractivity contribution in [3.05, 3.63) is 18.7 Å². The normalized spacial score (nSPS) is 10.9. The van der Waals surface area contributed by atoms with Crippen molar-refractivity contribution in [3.8, 4) is 0 Å². The number of rotatable bonds is 2. The van der Waals surface area contributed by atoms with E-state index in [2.05, 4.69) is 0 Å². The van der Waals surface area contributed by atoms with Gasteiger partial charge in [0.1, 0.15) is 18.9 Å². The molecule has 0 unspecified atom stereocenters. The summed E-state index contributed by atoms with van der Waals surface area (Å²) in [5.74, 6) is 0. The SMILES string of the molecule is CCN(CC(F)(F)F)C(=O)n1cc[n+](C)c1.[I-]. The Hall–Kier alpha value is -0.800. The zero-order valence-corrected chi connectivity index (χ0v) is 11.6. The van der Waals surface area contributed by atoms with Crippen LogP contribution in [0.4, 0.5) is 18.0 Å². The minimum atomic E-state index is -4.37. The van der Waals surface area contributed by atoms with Crippen LogP contribution in [0, 0.1) is 0 Å². The maximum Gasteiger partial charge on any atom is 0.416 e. The van der Waals surface area contributed by atoms with Crippen LogP contribution in [0.3, 0.4) is 0 Å². The second kappa shape index (κ2) is 6.22. The Bertz CT molecular complexity index is 378. The quantitative estimate of drug-likeness (QED) is 0.449. The van der Waals surface area contributed by atoms with Crippen molar-refractivity contribution >= 4 is 6.03 Å². The summed E-state index contributed by atoms with van der Waals surface area (Å²) in [5.41, 5.74) is 0. The summed E-state index contributed by atoms with van der Waals surface area (Å²) in [6.45, 7) is 0.289. The van der Waals surface area contributed by atoms with Gasteiger partial charge in [0, 0.05) is 6.54 Å². The lowest BCUT2D eigenvalue weighted by molar-refractivity contribution is -0.670. The maximum absolute atomic E-state index is 12.2. The molecule has 0 aromatic carbocycles. The van der Waals surface area contributed by atoms with Gasteiger partial charge in [-0.3, -0.25) is 4.90 Å². The molecule has 0 saturated heterocycles. The lowest BCUT2D eigenvalue weighted by Crippen LogP contribution is -3.00. The number of halogens is 4. The van der Waals surface area contributed by atoms with Crippen LogP contribution in [0.25, 0.3) is 0 Å². The fourth-order valence-electron chi connectivity index (χ4n) is 1.26. The molecule has 0 fully saturated rings. The number of nitrogens with zero attached hydrogens (tertiary/aromatic N) is 3. The van der Waals surface area contributed by atoms with Crippen molar-refractivity contribution in [2.75, 3.05) is 13.1 Å². The summed E-state index contributed by atoms with van der Waals surface area (Å²) in [7, 11) is 1.68. The molecule has 1 aromatic rings. The fourth-order valence-corrected chi connectivity index (χ4v) is 1.26. The number of alkyl halides is 3. The van der Waals surface area contributed by atoms with Crippen LogP contribution < -0.4 is 28.5 Å². The predicted octanol–water partition coefficient (Wildman–Crippen LogP) is -1.83. The molecule has 0 saturated carbocycles. The van der Waals surface area contributed by atoms with Gasteiger partial charge in [0.25, 0.3) is 6.33 Å². The first-order valence-electron chi connectivity index (χ1n) is 4.72. The van der Waals surface area contributed by atoms with E-state index >= 15 is 0 Å². The molecule has 0 aliphatic carbocycles. The van der Waals surface area contributed by atoms with Gasteiger partial charge in [0.15, 0.2) is 0 Å². The van der Waals surface area contributed by atoms with Gasteiger partial charge in [-0.05, 0) is 6.92 Å². The molecule has 1 aromatic heterocycles. The number of hydrogen-bond donors (Lipinski definition) is 0. The van der Waals surface area contributed by atoms with Gasteiger partial charge in [-0.15, -0.1) is 0 Å². The van der Waals surface area contributed by atoms with Gasteiger partial charge in [-0.2, -0.15) is 17.7 Å². The first kappa shape index (κ1) is 16.2. The van der Waals surface area contributed by atoms with Crippen LogP contribution in [0.1, 0.15) is 6.92 Å². The first-order chi connectivity index (χ1) is 7.33. The van der Waals surface area contributed by atoms with Crippen LogP contribution >= 0.6 is 0 Å². The molecule has 0 spiro atoms. The van der Waals surface area contributed by atoms with Crippen molar-refractivity contribution in [2.24, 2.45) is 7.05 Å². The summed E-state index contributed by atoms with van der Waals surface area (Å²) >= 11 is 0. The topological polar surface area (TPSA) is 29.1 Å². The second-order valence-corrected chi connectivity index (χ2v) is 3.40. The smallest absolute Gasteiger partial charge is 0.416 e. The van der Waals surface area contributed by atoms with E-state index in [-0.39, 0.29) is 30.5 Å². The molecule has 0 radical (unpaired) electrons. The number of imidazole rings is 1. The first-order valence-corrected chi connectivity index (χ1v) is 4.72. The third-order valence-corrected chi connectivity index (χ3v) is 2.01. The number of aryl methyl sites for hydroxylation is 1. The molecule has 17 heavy (non-hydrogen) atoms. The highest BCUT2D eigenvalue weighted by molar-refractivity contribution is 5.76. The summed E-state index contributed by atoms with van der Waals surface area (Å²) < 4.78 is 39.2. The Labute approximate surface area is 114 Å². The van der Waals surface area contributed by atoms with Gasteiger partial charge >= 0.3 is 12.2 Å². The number of hydrogen-bond acceptors (Lipinski definition) is 1. The molecule has 0 N–H and O–H groups in total. The van der Waals surface area contributed by atoms with Gasteiger partial charge in [-0.25, -0.2) is 9.36 Å². The lowest BCUT2D eigenvalue weighted by atomic mass is 10.5. The third-order valence-electron chi connectivity index (χ3n) is 2.01. The molecule has 98 valence electrons. The van der Waals surface area contributed by atoms with E-state index < -0.39 is 18.8 Å². The Kier molecular flexibility index (Phi) is 5.93. The molecule has 1 amide bonds. The van der Waals surface area contributed by atoms with Crippen molar-refractivity contribution in [2.45, 2.75) is 13.1 Å². The van der Waals surface area contributed by atoms with Crippen LogP contribution in [-0.2, 0) is 7.05 Å². The van der Waals surface area contributed by atoms with E-state index in [1.165, 1.54) is 19.4 Å². The largest absolute Gasteiger partial charge is 1.00 e. The summed E-state index contributed by atoms with van der Waals surface area (Å²) in [4.78, 5) is 12.4. The summed E-state index contributed by atoms with van der Waals surface area (Å²) in [6, 6.07) is -0.680. The van der Waals surface area contributed by atoms with Crippen LogP contribution in [0.15, 0.2) is 18.7 Å². The second-order valence-electron chi connectivity index (χ2n) is 3.40. The Morgan fingerprint density at radius 3 is 2.41 bits per heavy atom. The molecule has 0 bridgehead atoms. The van der Waals surface area contributed by atoms with E-state index in [4.69, 9.17) is 0 Å². The molecule has 0 aliphatic rings. The highest BCUT2D eigenvalue weighted by Gasteiger charge is 2.34. The Morgan fingerprint density at radius 1 is 1.47 bits per heavy atom. The van der Waals surface area contributed by atoms with Crippen LogP contribution in [0.2, 0.25) is 0 Å². The molecule has 4 nitrogen and oxygen atoms in total. The molecular weight excluding hydrogens is 350 g/mol. The average Bonchev–Trinajstić information content (AvgIpc) is 2.58. The fraction of sp³-hybridized carbons (Fsp3) is 0.556. The Balaban J connectivity index is 0.00000256. The lowest BCUT2D eigenvalue weighted by Gasteiger charge is -2.19. The van der Waals surface area contributed by atoms with Gasteiger partial charge in [-0.1, -0.05) is 0 Å². The minimum Gasteiger partial charge on any atom is -1.00 e. The van der Waals surface area contributed by atoms with Gasteiger partial charge < -0.3 is 24.0 Å². The molecule has 1 rings (SSSR count). The number of aromatic nitrogens is 2. The Morgan fingerprint density at radius 2 is 2.06 bits per heavy atom. The molecular formula is C9H13F3IN3O. The van der Waals surface area contributed by atoms with Crippen molar-refractivity contribution in [3.63, 3.8) is 0 Å². The molecule has 0 aliphatic heterocycles. The number of carbonyl (C=O) groups is 1. The predicted molar refractivity (Wildman–Crippen MR) is 49.7 cm³/mol. The van der Waals surface area contributed by atoms with E-state index in [0.717, 1.165) is 9.47 Å². The molecule has 8 heteroatoms. The minimum absolute atomic E-state index is 0. The zero-order valence-electron chi connectivity index (χ0n) is 9.41. The van der Waals surface area contributed by atoms with Crippen molar-refractivity contribution in [1.29, 1.82) is 0 Å². The van der Waals surface area contributed by atoms with Crippen LogP contribution in [0.5, 0.6) is 0 Å². The van der Waals surface area contributed by atoms with Crippen molar-refractivity contribution < 1.29 is 46.5 Å². The van der Waals surface area contributed by atoms with Gasteiger partial charge in [0.05, 0.1) is 7.05 Å². The third kappa shape index (κ3) is 4.92. The number of amides is 1. The highest BCUT2D eigenvalue weighted by Crippen LogP contribution is 2.16. The van der Waals surface area contributed by atoms with Gasteiger partial charge in [0.2, 0.25) is 0 Å². The summed E-state index contributed by atoms with van der Waals surface area (Å²) in [6.07, 6.45) is 0.0447. The zero-order chi connectivity index (χ0) is 12.3. The van der Waals surface area contributed by atoms with E-state index in [1.807, 2.05) is 0 Å². The maximum atomic E-state index is 12.2.